The highest BCUT2D eigenvalue weighted by Gasteiger charge is 2.48. The second-order valence-electron chi connectivity index (χ2n) is 1.42. The van der Waals surface area contributed by atoms with Crippen molar-refractivity contribution in [1.29, 1.82) is 0 Å². The van der Waals surface area contributed by atoms with Crippen molar-refractivity contribution < 1.29 is 22.7 Å². The highest BCUT2D eigenvalue weighted by atomic mass is 35.5. The molecule has 0 aromatic heterocycles. The molecule has 0 fully saturated rings. The molecule has 1 unspecified atom stereocenters. The Labute approximate surface area is 59.9 Å². The molecule has 0 spiro atoms. The van der Waals surface area contributed by atoms with E-state index in [4.69, 9.17) is 0 Å². The molecule has 2 nitrogen and oxygen atoms in total. The first kappa shape index (κ1) is 9.55. The van der Waals surface area contributed by atoms with E-state index in [1.807, 2.05) is 0 Å². The summed E-state index contributed by atoms with van der Waals surface area (Å²) in [6.07, 6.45) is 0. The lowest BCUT2D eigenvalue weighted by molar-refractivity contribution is -0.173. The number of rotatable bonds is 2. The normalized spacial score (nSPS) is 14.5. The van der Waals surface area contributed by atoms with Crippen molar-refractivity contribution in [3.8, 4) is 0 Å². The van der Waals surface area contributed by atoms with Crippen LogP contribution in [0.15, 0.2) is 0 Å². The maximum Gasteiger partial charge on any atom is 0.386 e. The summed E-state index contributed by atoms with van der Waals surface area (Å²) in [5.41, 5.74) is -3.04. The van der Waals surface area contributed by atoms with Crippen LogP contribution in [0, 0.1) is 0 Å². The summed E-state index contributed by atoms with van der Waals surface area (Å²) >= 11 is 4.33. The zero-order valence-corrected chi connectivity index (χ0v) is 5.66. The average Bonchev–Trinajstić information content (AvgIpc) is 1.86. The summed E-state index contributed by atoms with van der Waals surface area (Å²) in [6.45, 7) is 0. The van der Waals surface area contributed by atoms with E-state index in [0.717, 1.165) is 7.11 Å². The maximum atomic E-state index is 12.0. The third-order valence-corrected chi connectivity index (χ3v) is 1.01. The monoisotopic (exact) mass is 176 g/mol. The molecule has 0 amide bonds. The maximum absolute atomic E-state index is 12.0. The summed E-state index contributed by atoms with van der Waals surface area (Å²) in [5, 5.41) is 0. The van der Waals surface area contributed by atoms with Gasteiger partial charge in [-0.25, -0.2) is 9.18 Å². The van der Waals surface area contributed by atoms with Gasteiger partial charge in [-0.1, -0.05) is 11.6 Å². The second-order valence-corrected chi connectivity index (χ2v) is 1.80. The van der Waals surface area contributed by atoms with E-state index in [9.17, 15) is 18.0 Å². The Balaban J connectivity index is 4.24. The van der Waals surface area contributed by atoms with Gasteiger partial charge in [0.1, 0.15) is 0 Å². The molecule has 0 saturated heterocycles. The van der Waals surface area contributed by atoms with Crippen LogP contribution in [0.2, 0.25) is 0 Å². The number of alkyl halides is 4. The van der Waals surface area contributed by atoms with Crippen LogP contribution in [0.25, 0.3) is 0 Å². The van der Waals surface area contributed by atoms with Gasteiger partial charge in [0.2, 0.25) is 5.63 Å². The Morgan fingerprint density at radius 1 is 1.70 bits per heavy atom. The van der Waals surface area contributed by atoms with E-state index in [2.05, 4.69) is 16.3 Å². The lowest BCUT2D eigenvalue weighted by atomic mass is 10.4. The predicted octanol–water partition coefficient (Wildman–Crippen LogP) is 1.33. The van der Waals surface area contributed by atoms with Crippen molar-refractivity contribution in [1.82, 2.24) is 0 Å². The van der Waals surface area contributed by atoms with Gasteiger partial charge in [-0.3, -0.25) is 0 Å². The fourth-order valence-corrected chi connectivity index (χ4v) is 0.314. The van der Waals surface area contributed by atoms with Crippen LogP contribution in [-0.2, 0) is 9.53 Å². The van der Waals surface area contributed by atoms with Crippen molar-refractivity contribution in [2.75, 3.05) is 7.11 Å². The quantitative estimate of drug-likeness (QED) is 0.469. The number of ether oxygens (including phenoxy) is 1. The summed E-state index contributed by atoms with van der Waals surface area (Å²) in [6, 6.07) is 0. The first-order valence-corrected chi connectivity index (χ1v) is 2.61. The van der Waals surface area contributed by atoms with E-state index < -0.39 is 17.5 Å². The van der Waals surface area contributed by atoms with E-state index in [0.29, 0.717) is 0 Å². The predicted molar refractivity (Wildman–Crippen MR) is 27.7 cm³/mol. The number of hydrogen-bond donors (Lipinski definition) is 0. The molecule has 60 valence electrons. The molecule has 0 radical (unpaired) electrons. The molecule has 0 aliphatic carbocycles. The van der Waals surface area contributed by atoms with Gasteiger partial charge < -0.3 is 4.74 Å². The SMILES string of the molecule is COC(=O)C(F)(F)C(F)Cl. The minimum atomic E-state index is -4.25. The molecule has 10 heavy (non-hydrogen) atoms. The molecule has 6 heteroatoms. The number of esters is 1. The minimum absolute atomic E-state index is 0.718. The van der Waals surface area contributed by atoms with E-state index >= 15 is 0 Å². The Morgan fingerprint density at radius 2 is 2.10 bits per heavy atom. The number of hydrogen-bond acceptors (Lipinski definition) is 2. The smallest absolute Gasteiger partial charge is 0.386 e. The van der Waals surface area contributed by atoms with Gasteiger partial charge in [-0.05, 0) is 0 Å². The third-order valence-electron chi connectivity index (χ3n) is 0.732. The van der Waals surface area contributed by atoms with Gasteiger partial charge in [0.15, 0.2) is 0 Å². The summed E-state index contributed by atoms with van der Waals surface area (Å²) in [5.74, 6) is -6.23. The molecule has 0 saturated carbocycles. The van der Waals surface area contributed by atoms with Gasteiger partial charge in [-0.2, -0.15) is 8.78 Å². The van der Waals surface area contributed by atoms with Crippen LogP contribution in [-0.4, -0.2) is 24.6 Å². The van der Waals surface area contributed by atoms with Crippen molar-refractivity contribution in [3.05, 3.63) is 0 Å². The Bertz CT molecular complexity index is 136. The lowest BCUT2D eigenvalue weighted by Crippen LogP contribution is -2.36. The van der Waals surface area contributed by atoms with Crippen LogP contribution in [0.1, 0.15) is 0 Å². The van der Waals surface area contributed by atoms with E-state index in [1.165, 1.54) is 0 Å². The highest BCUT2D eigenvalue weighted by Crippen LogP contribution is 2.25. The molecule has 0 aromatic rings. The number of methoxy groups -OCH3 is 1. The molecule has 0 aromatic carbocycles. The third kappa shape index (κ3) is 1.76. The Morgan fingerprint density at radius 3 is 2.20 bits per heavy atom. The van der Waals surface area contributed by atoms with Crippen LogP contribution in [0.3, 0.4) is 0 Å². The summed E-state index contributed by atoms with van der Waals surface area (Å²) in [4.78, 5) is 9.98. The molecule has 0 aliphatic rings. The van der Waals surface area contributed by atoms with Crippen molar-refractivity contribution in [2.24, 2.45) is 0 Å². The van der Waals surface area contributed by atoms with Crippen molar-refractivity contribution in [2.45, 2.75) is 11.6 Å². The van der Waals surface area contributed by atoms with E-state index in [1.54, 1.807) is 0 Å². The summed E-state index contributed by atoms with van der Waals surface area (Å²) in [7, 11) is 0.718. The average molecular weight is 177 g/mol. The van der Waals surface area contributed by atoms with Gasteiger partial charge in [0, 0.05) is 0 Å². The molecule has 0 bridgehead atoms. The number of carbonyl (C=O) groups is 1. The van der Waals surface area contributed by atoms with Crippen LogP contribution >= 0.6 is 11.6 Å². The fourth-order valence-electron chi connectivity index (χ4n) is 0.225. The van der Waals surface area contributed by atoms with E-state index in [-0.39, 0.29) is 0 Å². The van der Waals surface area contributed by atoms with Crippen molar-refractivity contribution >= 4 is 17.6 Å². The number of halogens is 4. The fraction of sp³-hybridized carbons (Fsp3) is 0.750. The topological polar surface area (TPSA) is 26.3 Å². The van der Waals surface area contributed by atoms with Crippen LogP contribution in [0.5, 0.6) is 0 Å². The van der Waals surface area contributed by atoms with Gasteiger partial charge in [0.05, 0.1) is 7.11 Å². The lowest BCUT2D eigenvalue weighted by Gasteiger charge is -2.11. The Hall–Kier alpha value is -0.450. The van der Waals surface area contributed by atoms with Crippen LogP contribution < -0.4 is 0 Å². The van der Waals surface area contributed by atoms with Crippen molar-refractivity contribution in [3.63, 3.8) is 0 Å². The second kappa shape index (κ2) is 3.09. The molecule has 0 aliphatic heterocycles. The van der Waals surface area contributed by atoms with Gasteiger partial charge in [-0.15, -0.1) is 0 Å². The minimum Gasteiger partial charge on any atom is -0.464 e. The number of carbonyl (C=O) groups excluding carboxylic acids is 1. The Kier molecular flexibility index (Phi) is 2.96. The largest absolute Gasteiger partial charge is 0.464 e. The first-order chi connectivity index (χ1) is 4.42. The molecule has 0 N–H and O–H groups in total. The zero-order valence-electron chi connectivity index (χ0n) is 4.91. The molecular formula is C4H4ClF3O2. The molecule has 0 heterocycles. The first-order valence-electron chi connectivity index (χ1n) is 2.17. The highest BCUT2D eigenvalue weighted by molar-refractivity contribution is 6.21. The van der Waals surface area contributed by atoms with Gasteiger partial charge >= 0.3 is 11.9 Å². The van der Waals surface area contributed by atoms with Crippen LogP contribution in [0.4, 0.5) is 13.2 Å². The summed E-state index contributed by atoms with van der Waals surface area (Å²) < 4.78 is 39.1. The standard InChI is InChI=1S/C4H4ClF3O2/c1-10-3(9)4(7,8)2(5)6/h2H,1H3. The molecule has 0 rings (SSSR count). The zero-order chi connectivity index (χ0) is 8.36. The molecular weight excluding hydrogens is 172 g/mol. The van der Waals surface area contributed by atoms with Gasteiger partial charge in [0.25, 0.3) is 0 Å². The molecule has 1 atom stereocenters.